The zero-order valence-electron chi connectivity index (χ0n) is 12.9. The van der Waals surface area contributed by atoms with Crippen LogP contribution in [0.2, 0.25) is 0 Å². The molecule has 0 saturated carbocycles. The van der Waals surface area contributed by atoms with Gasteiger partial charge in [0.05, 0.1) is 4.90 Å². The van der Waals surface area contributed by atoms with Crippen molar-refractivity contribution in [3.8, 4) is 0 Å². The quantitative estimate of drug-likeness (QED) is 0.847. The number of ether oxygens (including phenoxy) is 1. The number of aliphatic imine (C=N–C) groups is 1. The van der Waals surface area contributed by atoms with Crippen molar-refractivity contribution in [2.75, 3.05) is 0 Å². The Labute approximate surface area is 136 Å². The third-order valence-electron chi connectivity index (χ3n) is 3.99. The first kappa shape index (κ1) is 15.7. The van der Waals surface area contributed by atoms with E-state index in [4.69, 9.17) is 4.74 Å². The molecule has 0 spiro atoms. The van der Waals surface area contributed by atoms with Crippen molar-refractivity contribution >= 4 is 16.2 Å². The van der Waals surface area contributed by atoms with Crippen LogP contribution in [-0.4, -0.2) is 26.3 Å². The van der Waals surface area contributed by atoms with Crippen molar-refractivity contribution in [2.45, 2.75) is 36.1 Å². The largest absolute Gasteiger partial charge is 0.477 e. The van der Waals surface area contributed by atoms with Gasteiger partial charge in [-0.1, -0.05) is 48.0 Å². The van der Waals surface area contributed by atoms with E-state index in [0.717, 1.165) is 17.5 Å². The van der Waals surface area contributed by atoms with Crippen molar-refractivity contribution in [3.05, 3.63) is 65.7 Å². The Morgan fingerprint density at radius 3 is 2.43 bits per heavy atom. The Kier molecular flexibility index (Phi) is 4.48. The molecule has 0 aromatic heterocycles. The van der Waals surface area contributed by atoms with Gasteiger partial charge in [-0.15, -0.1) is 0 Å². The second-order valence-corrected chi connectivity index (χ2v) is 7.75. The average molecular weight is 329 g/mol. The number of benzene rings is 2. The van der Waals surface area contributed by atoms with Crippen LogP contribution >= 0.6 is 0 Å². The molecular weight excluding hydrogens is 310 g/mol. The molecular formula is C18H19NO3S. The molecule has 0 radical (unpaired) electrons. The van der Waals surface area contributed by atoms with Crippen molar-refractivity contribution in [1.29, 1.82) is 0 Å². The summed E-state index contributed by atoms with van der Waals surface area (Å²) < 4.78 is 31.0. The maximum Gasteiger partial charge on any atom is 0.205 e. The number of rotatable bonds is 5. The van der Waals surface area contributed by atoms with Crippen molar-refractivity contribution in [2.24, 2.45) is 4.99 Å². The monoisotopic (exact) mass is 329 g/mol. The molecule has 1 aliphatic heterocycles. The van der Waals surface area contributed by atoms with E-state index in [1.165, 1.54) is 6.40 Å². The first-order valence-corrected chi connectivity index (χ1v) is 9.13. The summed E-state index contributed by atoms with van der Waals surface area (Å²) in [5, 5.41) is -0.867. The minimum Gasteiger partial charge on any atom is -0.477 e. The maximum absolute atomic E-state index is 12.8. The molecule has 2 aromatic rings. The number of sulfone groups is 1. The van der Waals surface area contributed by atoms with E-state index < -0.39 is 21.3 Å². The lowest BCUT2D eigenvalue weighted by Gasteiger charge is -2.17. The van der Waals surface area contributed by atoms with Gasteiger partial charge in [-0.05, 0) is 37.5 Å². The average Bonchev–Trinajstić information content (AvgIpc) is 3.04. The van der Waals surface area contributed by atoms with Crippen molar-refractivity contribution in [1.82, 2.24) is 0 Å². The Hall–Kier alpha value is -2.14. The lowest BCUT2D eigenvalue weighted by molar-refractivity contribution is 0.211. The van der Waals surface area contributed by atoms with Crippen LogP contribution in [0, 0.1) is 6.92 Å². The molecule has 2 atom stereocenters. The molecule has 0 unspecified atom stereocenters. The topological polar surface area (TPSA) is 55.7 Å². The summed E-state index contributed by atoms with van der Waals surface area (Å²) in [6.45, 7) is 1.93. The molecule has 0 saturated heterocycles. The Morgan fingerprint density at radius 2 is 1.74 bits per heavy atom. The summed E-state index contributed by atoms with van der Waals surface area (Å²) in [6, 6.07) is 16.8. The van der Waals surface area contributed by atoms with Crippen LogP contribution in [-0.2, 0) is 21.0 Å². The van der Waals surface area contributed by atoms with Gasteiger partial charge < -0.3 is 4.74 Å². The standard InChI is InChI=1S/C18H19NO3S/c1-14-7-10-16(11-8-14)23(20,21)18-17(22-13-19-18)12-9-15-5-3-2-4-6-15/h2-8,10-11,13,17-18H,9,12H2,1H3/t17-,18-/m0/s1. The van der Waals surface area contributed by atoms with E-state index in [9.17, 15) is 8.42 Å². The van der Waals surface area contributed by atoms with Crippen LogP contribution in [0.25, 0.3) is 0 Å². The Morgan fingerprint density at radius 1 is 1.04 bits per heavy atom. The van der Waals surface area contributed by atoms with Crippen LogP contribution in [0.4, 0.5) is 0 Å². The number of nitrogens with zero attached hydrogens (tertiary/aromatic N) is 1. The predicted molar refractivity (Wildman–Crippen MR) is 90.3 cm³/mol. The first-order chi connectivity index (χ1) is 11.1. The fraction of sp³-hybridized carbons (Fsp3) is 0.278. The Bertz CT molecular complexity index is 783. The first-order valence-electron chi connectivity index (χ1n) is 7.59. The zero-order valence-corrected chi connectivity index (χ0v) is 13.7. The molecule has 23 heavy (non-hydrogen) atoms. The van der Waals surface area contributed by atoms with E-state index in [2.05, 4.69) is 4.99 Å². The summed E-state index contributed by atoms with van der Waals surface area (Å²) >= 11 is 0. The molecule has 3 rings (SSSR count). The van der Waals surface area contributed by atoms with Gasteiger partial charge in [-0.25, -0.2) is 13.4 Å². The third-order valence-corrected chi connectivity index (χ3v) is 5.98. The second-order valence-electron chi connectivity index (χ2n) is 5.70. The molecule has 0 aliphatic carbocycles. The molecule has 1 heterocycles. The summed E-state index contributed by atoms with van der Waals surface area (Å²) in [5.41, 5.74) is 2.19. The highest BCUT2D eigenvalue weighted by molar-refractivity contribution is 7.92. The van der Waals surface area contributed by atoms with E-state index in [-0.39, 0.29) is 0 Å². The minimum absolute atomic E-state index is 0.292. The van der Waals surface area contributed by atoms with Gasteiger partial charge >= 0.3 is 0 Å². The highest BCUT2D eigenvalue weighted by Gasteiger charge is 2.38. The highest BCUT2D eigenvalue weighted by atomic mass is 32.2. The number of aryl methyl sites for hydroxylation is 2. The van der Waals surface area contributed by atoms with Gasteiger partial charge in [0.25, 0.3) is 0 Å². The SMILES string of the molecule is Cc1ccc(S(=O)(=O)[C@@H]2N=CO[C@H]2CCc2ccccc2)cc1. The molecule has 0 fully saturated rings. The summed E-state index contributed by atoms with van der Waals surface area (Å²) in [4.78, 5) is 4.36. The van der Waals surface area contributed by atoms with Crippen LogP contribution in [0.5, 0.6) is 0 Å². The van der Waals surface area contributed by atoms with Gasteiger partial charge in [0.1, 0.15) is 6.10 Å². The van der Waals surface area contributed by atoms with Gasteiger partial charge in [0, 0.05) is 0 Å². The number of hydrogen-bond acceptors (Lipinski definition) is 4. The molecule has 0 bridgehead atoms. The van der Waals surface area contributed by atoms with Crippen LogP contribution in [0.1, 0.15) is 17.5 Å². The molecule has 120 valence electrons. The number of hydrogen-bond donors (Lipinski definition) is 0. The molecule has 1 aliphatic rings. The van der Waals surface area contributed by atoms with E-state index in [0.29, 0.717) is 11.3 Å². The highest BCUT2D eigenvalue weighted by Crippen LogP contribution is 2.26. The molecule has 2 aromatic carbocycles. The van der Waals surface area contributed by atoms with Gasteiger partial charge in [0.2, 0.25) is 9.84 Å². The van der Waals surface area contributed by atoms with Crippen molar-refractivity contribution < 1.29 is 13.2 Å². The summed E-state index contributed by atoms with van der Waals surface area (Å²) in [6.07, 6.45) is 2.20. The predicted octanol–water partition coefficient (Wildman–Crippen LogP) is 3.15. The minimum atomic E-state index is -3.53. The molecule has 0 N–H and O–H groups in total. The summed E-state index contributed by atoms with van der Waals surface area (Å²) in [5.74, 6) is 0. The summed E-state index contributed by atoms with van der Waals surface area (Å²) in [7, 11) is -3.53. The van der Waals surface area contributed by atoms with E-state index >= 15 is 0 Å². The van der Waals surface area contributed by atoms with E-state index in [1.54, 1.807) is 24.3 Å². The zero-order chi connectivity index (χ0) is 16.3. The van der Waals surface area contributed by atoms with E-state index in [1.807, 2.05) is 37.3 Å². The van der Waals surface area contributed by atoms with Crippen LogP contribution < -0.4 is 0 Å². The van der Waals surface area contributed by atoms with Crippen molar-refractivity contribution in [3.63, 3.8) is 0 Å². The second kappa shape index (κ2) is 6.54. The molecule has 4 nitrogen and oxygen atoms in total. The fourth-order valence-corrected chi connectivity index (χ4v) is 4.25. The normalized spacial score (nSPS) is 20.4. The third kappa shape index (κ3) is 3.45. The lowest BCUT2D eigenvalue weighted by atomic mass is 10.1. The van der Waals surface area contributed by atoms with Crippen LogP contribution in [0.3, 0.4) is 0 Å². The molecule has 0 amide bonds. The smallest absolute Gasteiger partial charge is 0.205 e. The molecule has 5 heteroatoms. The van der Waals surface area contributed by atoms with Gasteiger partial charge in [-0.2, -0.15) is 0 Å². The maximum atomic E-state index is 12.8. The van der Waals surface area contributed by atoms with Crippen LogP contribution in [0.15, 0.2) is 64.5 Å². The Balaban J connectivity index is 1.75. The van der Waals surface area contributed by atoms with Gasteiger partial charge in [0.15, 0.2) is 11.8 Å². The lowest BCUT2D eigenvalue weighted by Crippen LogP contribution is -2.31. The van der Waals surface area contributed by atoms with Gasteiger partial charge in [-0.3, -0.25) is 0 Å². The fourth-order valence-electron chi connectivity index (χ4n) is 2.65.